The average Bonchev–Trinajstić information content (AvgIpc) is 3.31. The molecule has 1 aromatic heterocycles. The molecule has 1 aliphatic carbocycles. The number of imidazole rings is 1. The molecule has 1 aliphatic rings. The first-order valence-electron chi connectivity index (χ1n) is 12.2. The Bertz CT molecular complexity index is 1230. The second-order valence-electron chi connectivity index (χ2n) is 10.1. The van der Waals surface area contributed by atoms with Crippen molar-refractivity contribution in [3.05, 3.63) is 107 Å². The number of rotatable bonds is 8. The van der Waals surface area contributed by atoms with E-state index in [0.29, 0.717) is 5.92 Å². The van der Waals surface area contributed by atoms with Crippen LogP contribution in [0.25, 0.3) is 0 Å². The van der Waals surface area contributed by atoms with Gasteiger partial charge in [0, 0.05) is 36.8 Å². The number of halogens is 2. The molecule has 0 radical (unpaired) electrons. The van der Waals surface area contributed by atoms with Gasteiger partial charge in [0.2, 0.25) is 5.91 Å². The number of nitrogens with one attached hydrogen (secondary N) is 1. The van der Waals surface area contributed by atoms with Gasteiger partial charge < -0.3 is 9.88 Å². The molecule has 1 amide bonds. The van der Waals surface area contributed by atoms with Crippen LogP contribution in [0.15, 0.2) is 95.7 Å². The lowest BCUT2D eigenvalue weighted by atomic mass is 9.68. The van der Waals surface area contributed by atoms with Gasteiger partial charge in [-0.25, -0.2) is 13.8 Å². The first-order valence-corrected chi connectivity index (χ1v) is 12.2. The molecule has 1 heterocycles. The second-order valence-corrected chi connectivity index (χ2v) is 10.1. The fourth-order valence-corrected chi connectivity index (χ4v) is 4.50. The number of nitrogens with zero attached hydrogens (tertiary/aromatic N) is 2. The van der Waals surface area contributed by atoms with Crippen molar-refractivity contribution >= 4 is 11.6 Å². The maximum absolute atomic E-state index is 13.3. The van der Waals surface area contributed by atoms with Gasteiger partial charge in [0.15, 0.2) is 11.6 Å². The summed E-state index contributed by atoms with van der Waals surface area (Å²) in [5.41, 5.74) is 4.99. The predicted octanol–water partition coefficient (Wildman–Crippen LogP) is 7.56. The van der Waals surface area contributed by atoms with Crippen LogP contribution >= 0.6 is 0 Å². The third-order valence-corrected chi connectivity index (χ3v) is 6.65. The Balaban J connectivity index is 1.63. The molecule has 0 saturated carbocycles. The first-order chi connectivity index (χ1) is 17.0. The topological polar surface area (TPSA) is 46.9 Å². The summed E-state index contributed by atoms with van der Waals surface area (Å²) in [6, 6.07) is 3.25. The quantitative estimate of drug-likeness (QED) is 0.306. The molecule has 0 fully saturated rings. The van der Waals surface area contributed by atoms with Gasteiger partial charge in [-0.15, -0.1) is 0 Å². The van der Waals surface area contributed by atoms with Crippen molar-refractivity contribution in [3.8, 4) is 0 Å². The van der Waals surface area contributed by atoms with Crippen LogP contribution in [0.5, 0.6) is 0 Å². The van der Waals surface area contributed by atoms with Gasteiger partial charge in [-0.3, -0.25) is 4.79 Å². The number of aromatic nitrogens is 2. The molecule has 36 heavy (non-hydrogen) atoms. The summed E-state index contributed by atoms with van der Waals surface area (Å²) in [6.07, 6.45) is 19.5. The zero-order valence-corrected chi connectivity index (χ0v) is 21.7. The lowest BCUT2D eigenvalue weighted by Gasteiger charge is -2.37. The average molecular weight is 492 g/mol. The molecule has 6 heteroatoms. The molecule has 1 aromatic carbocycles. The summed E-state index contributed by atoms with van der Waals surface area (Å²) in [6.45, 7) is 11.7. The molecule has 0 saturated heterocycles. The molecule has 2 aromatic rings. The van der Waals surface area contributed by atoms with E-state index in [1.54, 1.807) is 6.92 Å². The third kappa shape index (κ3) is 7.48. The Hall–Kier alpha value is -3.54. The first kappa shape index (κ1) is 27.1. The van der Waals surface area contributed by atoms with Gasteiger partial charge in [0.1, 0.15) is 0 Å². The van der Waals surface area contributed by atoms with E-state index in [1.165, 1.54) is 29.7 Å². The minimum absolute atomic E-state index is 0.127. The molecular formula is C30H35F2N3O. The van der Waals surface area contributed by atoms with E-state index in [0.717, 1.165) is 36.2 Å². The Kier molecular flexibility index (Phi) is 8.97. The zero-order valence-electron chi connectivity index (χ0n) is 21.7. The van der Waals surface area contributed by atoms with Gasteiger partial charge in [-0.2, -0.15) is 0 Å². The van der Waals surface area contributed by atoms with Gasteiger partial charge in [0.25, 0.3) is 0 Å². The molecular weight excluding hydrogens is 456 g/mol. The smallest absolute Gasteiger partial charge is 0.248 e. The van der Waals surface area contributed by atoms with Crippen LogP contribution in [-0.2, 0) is 11.3 Å². The summed E-state index contributed by atoms with van der Waals surface area (Å²) >= 11 is 0. The minimum atomic E-state index is -1.00. The number of hydrogen-bond donors (Lipinski definition) is 1. The predicted molar refractivity (Wildman–Crippen MR) is 142 cm³/mol. The molecule has 0 spiro atoms. The van der Waals surface area contributed by atoms with Crippen molar-refractivity contribution in [1.29, 1.82) is 0 Å². The molecule has 1 N–H and O–H groups in total. The zero-order chi connectivity index (χ0) is 26.3. The number of anilines is 1. The normalized spacial score (nSPS) is 18.9. The highest BCUT2D eigenvalue weighted by Gasteiger charge is 2.31. The van der Waals surface area contributed by atoms with E-state index < -0.39 is 17.5 Å². The second kappa shape index (κ2) is 11.9. The van der Waals surface area contributed by atoms with E-state index in [1.807, 2.05) is 43.9 Å². The number of amides is 1. The lowest BCUT2D eigenvalue weighted by Crippen LogP contribution is -2.26. The van der Waals surface area contributed by atoms with E-state index >= 15 is 0 Å². The fraction of sp³-hybridized carbons (Fsp3) is 0.333. The maximum atomic E-state index is 13.3. The third-order valence-electron chi connectivity index (χ3n) is 6.65. The standard InChI is InChI=1S/C30H35F2N3O/c1-21(7-6-8-22(2)17-29(36)34-25-10-12-27(31)28(32)18-25)9-11-26-23(3)24(13-14-30(26,4)5)19-35-16-15-33-20-35/h6-12,15-18,20,24H,13-14,19H2,1-5H3,(H,34,36)/b8-6+,11-9+,21-7+,22-17+. The van der Waals surface area contributed by atoms with Crippen LogP contribution < -0.4 is 5.32 Å². The Morgan fingerprint density at radius 2 is 1.97 bits per heavy atom. The SMILES string of the molecule is CC1=C(/C=C/C(C)=C/C=C/C(C)=C/C(=O)Nc2ccc(F)c(F)c2)C(C)(C)CCC1Cn1ccnc1. The largest absolute Gasteiger partial charge is 0.337 e. The molecule has 1 unspecified atom stereocenters. The summed E-state index contributed by atoms with van der Waals surface area (Å²) in [4.78, 5) is 16.3. The number of carbonyl (C=O) groups is 1. The van der Waals surface area contributed by atoms with E-state index in [2.05, 4.69) is 47.8 Å². The Labute approximate surface area is 212 Å². The van der Waals surface area contributed by atoms with Crippen molar-refractivity contribution in [3.63, 3.8) is 0 Å². The highest BCUT2D eigenvalue weighted by atomic mass is 19.2. The molecule has 4 nitrogen and oxygen atoms in total. The summed E-state index contributed by atoms with van der Waals surface area (Å²) in [5.74, 6) is -1.86. The van der Waals surface area contributed by atoms with Crippen molar-refractivity contribution in [2.75, 3.05) is 5.32 Å². The van der Waals surface area contributed by atoms with Crippen molar-refractivity contribution < 1.29 is 13.6 Å². The molecule has 0 bridgehead atoms. The number of hydrogen-bond acceptors (Lipinski definition) is 2. The highest BCUT2D eigenvalue weighted by Crippen LogP contribution is 2.44. The van der Waals surface area contributed by atoms with E-state index in [9.17, 15) is 13.6 Å². The van der Waals surface area contributed by atoms with Gasteiger partial charge in [-0.1, -0.05) is 55.4 Å². The monoisotopic (exact) mass is 491 g/mol. The van der Waals surface area contributed by atoms with Crippen molar-refractivity contribution in [1.82, 2.24) is 9.55 Å². The van der Waals surface area contributed by atoms with E-state index in [-0.39, 0.29) is 11.1 Å². The van der Waals surface area contributed by atoms with Gasteiger partial charge in [0.05, 0.1) is 6.33 Å². The van der Waals surface area contributed by atoms with Gasteiger partial charge >= 0.3 is 0 Å². The van der Waals surface area contributed by atoms with Crippen LogP contribution in [0, 0.1) is 23.0 Å². The molecule has 190 valence electrons. The minimum Gasteiger partial charge on any atom is -0.337 e. The van der Waals surface area contributed by atoms with Gasteiger partial charge in [-0.05, 0) is 68.2 Å². The number of benzene rings is 1. The molecule has 3 rings (SSSR count). The van der Waals surface area contributed by atoms with Crippen molar-refractivity contribution in [2.24, 2.45) is 11.3 Å². The number of allylic oxidation sites excluding steroid dienone is 9. The van der Waals surface area contributed by atoms with E-state index in [4.69, 9.17) is 0 Å². The van der Waals surface area contributed by atoms with Crippen LogP contribution in [0.3, 0.4) is 0 Å². The maximum Gasteiger partial charge on any atom is 0.248 e. The molecule has 1 atom stereocenters. The van der Waals surface area contributed by atoms with Crippen LogP contribution in [0.4, 0.5) is 14.5 Å². The molecule has 0 aliphatic heterocycles. The summed E-state index contributed by atoms with van der Waals surface area (Å²) < 4.78 is 28.5. The summed E-state index contributed by atoms with van der Waals surface area (Å²) in [5, 5.41) is 2.53. The Morgan fingerprint density at radius 3 is 2.67 bits per heavy atom. The summed E-state index contributed by atoms with van der Waals surface area (Å²) in [7, 11) is 0. The highest BCUT2D eigenvalue weighted by molar-refractivity contribution is 5.99. The van der Waals surface area contributed by atoms with Crippen LogP contribution in [0.1, 0.15) is 47.5 Å². The van der Waals surface area contributed by atoms with Crippen molar-refractivity contribution in [2.45, 2.75) is 54.0 Å². The Morgan fingerprint density at radius 1 is 1.19 bits per heavy atom. The number of carbonyl (C=O) groups excluding carboxylic acids is 1. The fourth-order valence-electron chi connectivity index (χ4n) is 4.50. The van der Waals surface area contributed by atoms with Crippen LogP contribution in [0.2, 0.25) is 0 Å². The van der Waals surface area contributed by atoms with Crippen LogP contribution in [-0.4, -0.2) is 15.5 Å². The lowest BCUT2D eigenvalue weighted by molar-refractivity contribution is -0.111.